The Bertz CT molecular complexity index is 1620. The lowest BCUT2D eigenvalue weighted by atomic mass is 9.91. The lowest BCUT2D eigenvalue weighted by Gasteiger charge is -2.38. The second-order valence-corrected chi connectivity index (χ2v) is 11.6. The molecule has 2 aliphatic rings. The van der Waals surface area contributed by atoms with E-state index in [4.69, 9.17) is 0 Å². The quantitative estimate of drug-likeness (QED) is 0.334. The number of piperazine rings is 1. The van der Waals surface area contributed by atoms with Crippen molar-refractivity contribution in [3.05, 3.63) is 71.7 Å². The number of hydrogen-bond donors (Lipinski definition) is 1. The van der Waals surface area contributed by atoms with E-state index in [1.165, 1.54) is 34.3 Å². The van der Waals surface area contributed by atoms with Gasteiger partial charge < -0.3 is 24.4 Å². The number of fused-ring (bicyclic) bond motifs is 1. The molecule has 43 heavy (non-hydrogen) atoms. The first kappa shape index (κ1) is 29.0. The predicted octanol–water partition coefficient (Wildman–Crippen LogP) is 2.39. The van der Waals surface area contributed by atoms with Gasteiger partial charge in [-0.25, -0.2) is 13.8 Å². The Morgan fingerprint density at radius 2 is 1.77 bits per heavy atom. The number of likely N-dealkylation sites (N-methyl/N-ethyl adjacent to an activating group) is 1. The standard InChI is InChI=1S/C30H36F2N8O3/c1-35-14-16-36(17-15-35)22-4-2-5-23(18-22)39-11-6-24-28(39)33-21-38(29(24)42)20-30(43)7-12-37(13-8-30)26(41)19-25(27(31)32)40-10-3-9-34-40/h2-6,9-11,18,21,25,27,43H,7-8,12-17,19-20H2,1H3/t25-/m0/s1. The molecule has 3 aromatic heterocycles. The Hall–Kier alpha value is -4.10. The molecule has 0 radical (unpaired) electrons. The number of likely N-dealkylation sites (tertiary alicyclic amines) is 1. The molecule has 0 saturated carbocycles. The van der Waals surface area contributed by atoms with Gasteiger partial charge in [-0.05, 0) is 50.2 Å². The molecule has 2 saturated heterocycles. The highest BCUT2D eigenvalue weighted by Crippen LogP contribution is 2.28. The number of aromatic nitrogens is 5. The number of nitrogens with zero attached hydrogens (tertiary/aromatic N) is 8. The molecule has 0 bridgehead atoms. The van der Waals surface area contributed by atoms with E-state index in [2.05, 4.69) is 39.1 Å². The van der Waals surface area contributed by atoms with Crippen LogP contribution in [0.5, 0.6) is 0 Å². The van der Waals surface area contributed by atoms with E-state index < -0.39 is 24.0 Å². The van der Waals surface area contributed by atoms with Crippen LogP contribution in [0.25, 0.3) is 16.7 Å². The van der Waals surface area contributed by atoms with Gasteiger partial charge in [-0.3, -0.25) is 18.8 Å². The average molecular weight is 595 g/mol. The monoisotopic (exact) mass is 594 g/mol. The Morgan fingerprint density at radius 1 is 1.02 bits per heavy atom. The Labute approximate surface area is 247 Å². The summed E-state index contributed by atoms with van der Waals surface area (Å²) in [5, 5.41) is 15.6. The van der Waals surface area contributed by atoms with E-state index in [0.717, 1.165) is 42.2 Å². The first-order chi connectivity index (χ1) is 20.7. The van der Waals surface area contributed by atoms with Gasteiger partial charge in [0, 0.05) is 69.2 Å². The van der Waals surface area contributed by atoms with E-state index in [0.29, 0.717) is 11.0 Å². The number of rotatable bonds is 8. The topological polar surface area (TPSA) is 105 Å². The van der Waals surface area contributed by atoms with E-state index >= 15 is 0 Å². The molecule has 1 N–H and O–H groups in total. The highest BCUT2D eigenvalue weighted by atomic mass is 19.3. The summed E-state index contributed by atoms with van der Waals surface area (Å²) in [7, 11) is 2.12. The molecular formula is C30H36F2N8O3. The second-order valence-electron chi connectivity index (χ2n) is 11.6. The van der Waals surface area contributed by atoms with Crippen molar-refractivity contribution in [3.63, 3.8) is 0 Å². The van der Waals surface area contributed by atoms with Crippen molar-refractivity contribution < 1.29 is 18.7 Å². The summed E-state index contributed by atoms with van der Waals surface area (Å²) >= 11 is 0. The molecule has 6 rings (SSSR count). The fourth-order valence-electron chi connectivity index (χ4n) is 6.01. The molecule has 0 spiro atoms. The number of piperidine rings is 1. The summed E-state index contributed by atoms with van der Waals surface area (Å²) in [4.78, 5) is 37.0. The van der Waals surface area contributed by atoms with Gasteiger partial charge in [-0.2, -0.15) is 5.10 Å². The average Bonchev–Trinajstić information content (AvgIpc) is 3.69. The molecule has 5 heterocycles. The van der Waals surface area contributed by atoms with Gasteiger partial charge in [-0.15, -0.1) is 0 Å². The zero-order valence-corrected chi connectivity index (χ0v) is 24.1. The molecule has 1 amide bonds. The Morgan fingerprint density at radius 3 is 2.47 bits per heavy atom. The van der Waals surface area contributed by atoms with Crippen molar-refractivity contribution in [2.45, 2.75) is 43.9 Å². The third kappa shape index (κ3) is 6.04. The second kappa shape index (κ2) is 11.9. The molecule has 1 aromatic carbocycles. The minimum atomic E-state index is -2.74. The van der Waals surface area contributed by atoms with Crippen LogP contribution in [0.15, 0.2) is 66.1 Å². The number of carbonyl (C=O) groups is 1. The molecular weight excluding hydrogens is 558 g/mol. The number of halogens is 2. The predicted molar refractivity (Wildman–Crippen MR) is 158 cm³/mol. The SMILES string of the molecule is CN1CCN(c2cccc(-n3ccc4c(=O)n(CC5(O)CCN(C(=O)C[C@@H](C(F)F)n6cccn6)CC5)cnc43)c2)CC1. The van der Waals surface area contributed by atoms with Gasteiger partial charge in [0.1, 0.15) is 12.4 Å². The lowest BCUT2D eigenvalue weighted by molar-refractivity contribution is -0.138. The van der Waals surface area contributed by atoms with Gasteiger partial charge in [-0.1, -0.05) is 6.07 Å². The van der Waals surface area contributed by atoms with Crippen LogP contribution in [0.4, 0.5) is 14.5 Å². The number of amides is 1. The highest BCUT2D eigenvalue weighted by Gasteiger charge is 2.36. The van der Waals surface area contributed by atoms with Crippen LogP contribution in [-0.4, -0.2) is 103 Å². The van der Waals surface area contributed by atoms with Crippen LogP contribution in [0.3, 0.4) is 0 Å². The van der Waals surface area contributed by atoms with Crippen molar-refractivity contribution in [2.75, 3.05) is 51.2 Å². The Kier molecular flexibility index (Phi) is 8.01. The minimum absolute atomic E-state index is 0.0216. The van der Waals surface area contributed by atoms with Crippen molar-refractivity contribution in [1.82, 2.24) is 33.7 Å². The number of alkyl halides is 2. The zero-order valence-electron chi connectivity index (χ0n) is 24.1. The van der Waals surface area contributed by atoms with Crippen LogP contribution < -0.4 is 10.5 Å². The van der Waals surface area contributed by atoms with Crippen LogP contribution in [0.1, 0.15) is 25.3 Å². The fourth-order valence-corrected chi connectivity index (χ4v) is 6.01. The van der Waals surface area contributed by atoms with Crippen LogP contribution in [0, 0.1) is 0 Å². The molecule has 4 aromatic rings. The first-order valence-corrected chi connectivity index (χ1v) is 14.6. The molecule has 13 heteroatoms. The molecule has 2 fully saturated rings. The maximum atomic E-state index is 13.6. The van der Waals surface area contributed by atoms with Crippen molar-refractivity contribution in [3.8, 4) is 5.69 Å². The first-order valence-electron chi connectivity index (χ1n) is 14.6. The molecule has 228 valence electrons. The number of anilines is 1. The molecule has 0 unspecified atom stereocenters. The van der Waals surface area contributed by atoms with Crippen LogP contribution >= 0.6 is 0 Å². The summed E-state index contributed by atoms with van der Waals surface area (Å²) < 4.78 is 31.6. The molecule has 11 nitrogen and oxygen atoms in total. The normalized spacial score (nSPS) is 18.4. The molecule has 1 atom stereocenters. The molecule has 2 aliphatic heterocycles. The third-order valence-corrected chi connectivity index (χ3v) is 8.70. The van der Waals surface area contributed by atoms with Crippen molar-refractivity contribution in [1.29, 1.82) is 0 Å². The number of benzene rings is 1. The summed E-state index contributed by atoms with van der Waals surface area (Å²) in [5.74, 6) is -0.416. The summed E-state index contributed by atoms with van der Waals surface area (Å²) in [6.45, 7) is 4.34. The van der Waals surface area contributed by atoms with Crippen molar-refractivity contribution in [2.24, 2.45) is 0 Å². The van der Waals surface area contributed by atoms with Crippen LogP contribution in [0.2, 0.25) is 0 Å². The summed E-state index contributed by atoms with van der Waals surface area (Å²) in [6.07, 6.45) is 3.41. The van der Waals surface area contributed by atoms with Crippen molar-refractivity contribution >= 4 is 22.6 Å². The van der Waals surface area contributed by atoms with Gasteiger partial charge in [0.25, 0.3) is 12.0 Å². The van der Waals surface area contributed by atoms with Crippen LogP contribution in [-0.2, 0) is 11.3 Å². The maximum Gasteiger partial charge on any atom is 0.262 e. The lowest BCUT2D eigenvalue weighted by Crippen LogP contribution is -2.50. The molecule has 0 aliphatic carbocycles. The minimum Gasteiger partial charge on any atom is -0.388 e. The smallest absolute Gasteiger partial charge is 0.262 e. The van der Waals surface area contributed by atoms with Gasteiger partial charge in [0.2, 0.25) is 5.91 Å². The van der Waals surface area contributed by atoms with E-state index in [1.54, 1.807) is 6.07 Å². The maximum absolute atomic E-state index is 13.6. The van der Waals surface area contributed by atoms with Gasteiger partial charge in [0.05, 0.1) is 24.0 Å². The fraction of sp³-hybridized carbons (Fsp3) is 0.467. The number of carbonyl (C=O) groups excluding carboxylic acids is 1. The van der Waals surface area contributed by atoms with Gasteiger partial charge in [0.15, 0.2) is 5.65 Å². The highest BCUT2D eigenvalue weighted by molar-refractivity contribution is 5.78. The third-order valence-electron chi connectivity index (χ3n) is 8.70. The van der Waals surface area contributed by atoms with Gasteiger partial charge >= 0.3 is 0 Å². The van der Waals surface area contributed by atoms with E-state index in [9.17, 15) is 23.5 Å². The number of hydrogen-bond acceptors (Lipinski definition) is 7. The zero-order chi connectivity index (χ0) is 30.1. The Balaban J connectivity index is 1.13. The number of aliphatic hydroxyl groups is 1. The van der Waals surface area contributed by atoms with E-state index in [1.807, 2.05) is 22.9 Å². The summed E-state index contributed by atoms with van der Waals surface area (Å²) in [6, 6.07) is 10.1. The van der Waals surface area contributed by atoms with E-state index in [-0.39, 0.29) is 44.5 Å². The largest absolute Gasteiger partial charge is 0.388 e. The summed E-state index contributed by atoms with van der Waals surface area (Å²) in [5.41, 5.74) is 1.08.